The number of rotatable bonds is 8. The van der Waals surface area contributed by atoms with Crippen LogP contribution in [0.5, 0.6) is 0 Å². The van der Waals surface area contributed by atoms with Crippen molar-refractivity contribution in [3.63, 3.8) is 0 Å². The average molecular weight is 499 g/mol. The van der Waals surface area contributed by atoms with Crippen LogP contribution >= 0.6 is 0 Å². The Morgan fingerprint density at radius 2 is 2.08 bits per heavy atom. The van der Waals surface area contributed by atoms with E-state index in [-0.39, 0.29) is 11.9 Å². The quantitative estimate of drug-likeness (QED) is 0.460. The first kappa shape index (κ1) is 22.9. The summed E-state index contributed by atoms with van der Waals surface area (Å²) in [6, 6.07) is 9.34. The maximum absolute atomic E-state index is 13.4. The van der Waals surface area contributed by atoms with E-state index in [0.29, 0.717) is 35.2 Å². The minimum atomic E-state index is -0.502. The molecule has 192 valence electrons. The second-order valence-electron chi connectivity index (χ2n) is 12.1. The van der Waals surface area contributed by atoms with Gasteiger partial charge in [0, 0.05) is 31.6 Å². The second-order valence-corrected chi connectivity index (χ2v) is 12.1. The zero-order chi connectivity index (χ0) is 25.2. The molecule has 7 heteroatoms. The van der Waals surface area contributed by atoms with Gasteiger partial charge < -0.3 is 10.1 Å². The highest BCUT2D eigenvalue weighted by Crippen LogP contribution is 2.78. The van der Waals surface area contributed by atoms with Gasteiger partial charge in [0.05, 0.1) is 18.2 Å². The Hall–Kier alpha value is -3.22. The molecule has 4 aliphatic rings. The van der Waals surface area contributed by atoms with Gasteiger partial charge >= 0.3 is 5.97 Å². The van der Waals surface area contributed by atoms with Crippen LogP contribution in [0.1, 0.15) is 73.1 Å². The number of amides is 1. The SMILES string of the molecule is CCOC(=O)C(Cc1cn2c(C(=O)NCC34CC5CC6CC(C3)C6(C5)C4)cccc2n1)c1cccnc1. The molecule has 6 atom stereocenters. The molecule has 3 aromatic heterocycles. The molecule has 1 spiro atoms. The summed E-state index contributed by atoms with van der Waals surface area (Å²) < 4.78 is 7.20. The van der Waals surface area contributed by atoms with Gasteiger partial charge in [-0.05, 0) is 97.8 Å². The maximum Gasteiger partial charge on any atom is 0.313 e. The Kier molecular flexibility index (Phi) is 5.21. The number of fused-ring (bicyclic) bond motifs is 3. The van der Waals surface area contributed by atoms with Crippen LogP contribution in [0.15, 0.2) is 48.9 Å². The van der Waals surface area contributed by atoms with Crippen molar-refractivity contribution in [1.82, 2.24) is 19.7 Å². The summed E-state index contributed by atoms with van der Waals surface area (Å²) >= 11 is 0. The molecule has 7 nitrogen and oxygen atoms in total. The molecule has 37 heavy (non-hydrogen) atoms. The topological polar surface area (TPSA) is 85.6 Å². The van der Waals surface area contributed by atoms with E-state index in [1.807, 2.05) is 40.9 Å². The molecule has 1 amide bonds. The first-order chi connectivity index (χ1) is 18.0. The molecule has 3 heterocycles. The molecule has 0 aliphatic heterocycles. The van der Waals surface area contributed by atoms with E-state index in [1.54, 1.807) is 19.3 Å². The van der Waals surface area contributed by atoms with Crippen LogP contribution in [0.4, 0.5) is 0 Å². The molecule has 6 unspecified atom stereocenters. The Morgan fingerprint density at radius 3 is 2.92 bits per heavy atom. The van der Waals surface area contributed by atoms with Crippen LogP contribution in [0.2, 0.25) is 0 Å². The van der Waals surface area contributed by atoms with Gasteiger partial charge in [-0.25, -0.2) is 4.98 Å². The number of aromatic nitrogens is 3. The molecule has 4 aliphatic carbocycles. The zero-order valence-electron chi connectivity index (χ0n) is 21.4. The fourth-order valence-corrected chi connectivity index (χ4v) is 8.82. The molecular weight excluding hydrogens is 464 g/mol. The standard InChI is InChI=1S/C30H34N4O3/c1-2-37-28(36)24(20-5-4-8-31-15-20)11-23-16-34-25(6-3-7-26(34)33-23)27(35)32-18-29-12-19-9-21-10-22(14-29)30(21,13-19)17-29/h3-8,15-16,19,21-22,24H,2,9-14,17-18H2,1H3,(H,32,35). The minimum Gasteiger partial charge on any atom is -0.466 e. The van der Waals surface area contributed by atoms with Gasteiger partial charge in [0.15, 0.2) is 0 Å². The largest absolute Gasteiger partial charge is 0.466 e. The van der Waals surface area contributed by atoms with E-state index >= 15 is 0 Å². The summed E-state index contributed by atoms with van der Waals surface area (Å²) in [5.41, 5.74) is 3.73. The number of carbonyl (C=O) groups is 2. The van der Waals surface area contributed by atoms with Crippen molar-refractivity contribution in [2.45, 2.75) is 57.8 Å². The lowest BCUT2D eigenvalue weighted by Crippen LogP contribution is -2.43. The van der Waals surface area contributed by atoms with Gasteiger partial charge in [0.25, 0.3) is 5.91 Å². The van der Waals surface area contributed by atoms with Crippen molar-refractivity contribution in [3.8, 4) is 0 Å². The number of hydrogen-bond donors (Lipinski definition) is 1. The lowest BCUT2D eigenvalue weighted by molar-refractivity contribution is -0.145. The normalized spacial score (nSPS) is 31.6. The molecule has 0 radical (unpaired) electrons. The molecule has 3 bridgehead atoms. The number of imidazole rings is 1. The fraction of sp³-hybridized carbons (Fsp3) is 0.533. The number of carbonyl (C=O) groups excluding carboxylic acids is 2. The molecule has 3 aromatic rings. The van der Waals surface area contributed by atoms with Crippen LogP contribution in [0.25, 0.3) is 5.65 Å². The van der Waals surface area contributed by atoms with Crippen LogP contribution in [0.3, 0.4) is 0 Å². The zero-order valence-corrected chi connectivity index (χ0v) is 21.4. The van der Waals surface area contributed by atoms with Gasteiger partial charge in [-0.15, -0.1) is 0 Å². The van der Waals surface area contributed by atoms with Crippen molar-refractivity contribution >= 4 is 17.5 Å². The van der Waals surface area contributed by atoms with Gasteiger partial charge in [0.2, 0.25) is 0 Å². The highest BCUT2D eigenvalue weighted by atomic mass is 16.5. The Bertz CT molecular complexity index is 1370. The molecule has 4 saturated carbocycles. The first-order valence-corrected chi connectivity index (χ1v) is 13.8. The highest BCUT2D eigenvalue weighted by Gasteiger charge is 2.70. The van der Waals surface area contributed by atoms with Gasteiger partial charge in [-0.1, -0.05) is 12.1 Å². The lowest BCUT2D eigenvalue weighted by atomic mass is 9.55. The van der Waals surface area contributed by atoms with E-state index < -0.39 is 5.92 Å². The van der Waals surface area contributed by atoms with E-state index in [0.717, 1.165) is 35.6 Å². The van der Waals surface area contributed by atoms with E-state index in [1.165, 1.54) is 38.5 Å². The predicted octanol–water partition coefficient (Wildman–Crippen LogP) is 4.56. The van der Waals surface area contributed by atoms with Gasteiger partial charge in [0.1, 0.15) is 11.3 Å². The monoisotopic (exact) mass is 498 g/mol. The number of nitrogens with one attached hydrogen (secondary N) is 1. The van der Waals surface area contributed by atoms with E-state index in [2.05, 4.69) is 10.3 Å². The summed E-state index contributed by atoms with van der Waals surface area (Å²) in [6.45, 7) is 2.90. The Morgan fingerprint density at radius 1 is 1.16 bits per heavy atom. The molecule has 0 aromatic carbocycles. The van der Waals surface area contributed by atoms with E-state index in [9.17, 15) is 9.59 Å². The van der Waals surface area contributed by atoms with Crippen LogP contribution in [-0.2, 0) is 16.0 Å². The van der Waals surface area contributed by atoms with Crippen molar-refractivity contribution in [3.05, 3.63) is 65.9 Å². The van der Waals surface area contributed by atoms with Crippen LogP contribution in [-0.4, -0.2) is 39.4 Å². The van der Waals surface area contributed by atoms with Gasteiger partial charge in [-0.2, -0.15) is 0 Å². The number of hydrogen-bond acceptors (Lipinski definition) is 5. The second kappa shape index (κ2) is 8.40. The van der Waals surface area contributed by atoms with E-state index in [4.69, 9.17) is 9.72 Å². The number of pyridine rings is 2. The summed E-state index contributed by atoms with van der Waals surface area (Å²) in [4.78, 5) is 35.1. The predicted molar refractivity (Wildman–Crippen MR) is 138 cm³/mol. The molecule has 0 saturated heterocycles. The summed E-state index contributed by atoms with van der Waals surface area (Å²) in [7, 11) is 0. The van der Waals surface area contributed by atoms with Crippen molar-refractivity contribution in [2.75, 3.05) is 13.2 Å². The third kappa shape index (κ3) is 3.61. The smallest absolute Gasteiger partial charge is 0.313 e. The van der Waals surface area contributed by atoms with Crippen LogP contribution in [0, 0.1) is 28.6 Å². The Labute approximate surface area is 217 Å². The minimum absolute atomic E-state index is 0.0515. The van der Waals surface area contributed by atoms with Crippen molar-refractivity contribution in [1.29, 1.82) is 0 Å². The van der Waals surface area contributed by atoms with Gasteiger partial charge in [-0.3, -0.25) is 19.0 Å². The van der Waals surface area contributed by atoms with Crippen molar-refractivity contribution in [2.24, 2.45) is 28.6 Å². The first-order valence-electron chi connectivity index (χ1n) is 13.8. The highest BCUT2D eigenvalue weighted by molar-refractivity contribution is 5.93. The maximum atomic E-state index is 13.4. The molecular formula is C30H34N4O3. The number of esters is 1. The summed E-state index contributed by atoms with van der Waals surface area (Å²) in [5, 5.41) is 3.32. The molecule has 7 rings (SSSR count). The number of nitrogens with zero attached hydrogens (tertiary/aromatic N) is 3. The third-order valence-corrected chi connectivity index (χ3v) is 10.1. The lowest BCUT2D eigenvalue weighted by Gasteiger charge is -2.49. The van der Waals surface area contributed by atoms with Crippen LogP contribution < -0.4 is 5.32 Å². The fourth-order valence-electron chi connectivity index (χ4n) is 8.82. The Balaban J connectivity index is 1.10. The average Bonchev–Trinajstić information content (AvgIpc) is 3.46. The number of ether oxygens (including phenoxy) is 1. The molecule has 4 fully saturated rings. The summed E-state index contributed by atoms with van der Waals surface area (Å²) in [5.74, 6) is 1.88. The summed E-state index contributed by atoms with van der Waals surface area (Å²) in [6.07, 6.45) is 13.8. The van der Waals surface area contributed by atoms with Crippen molar-refractivity contribution < 1.29 is 14.3 Å². The molecule has 1 N–H and O–H groups in total. The third-order valence-electron chi connectivity index (χ3n) is 10.1.